The second-order valence-corrected chi connectivity index (χ2v) is 15.7. The van der Waals surface area contributed by atoms with Crippen LogP contribution in [0.4, 0.5) is 11.4 Å². The predicted octanol–water partition coefficient (Wildman–Crippen LogP) is 8.98. The standard InChI is InChI=1S/C21H27N2.C10H12O.CH3.2ClH.Ru/c1-14-9-16(3)20(17(4)10-14)22-7-8-23(13-22)21-18(5)11-15(2)12-19(21)6;1-8(2)11-10-7-5-4-6-9(10)3;;;;/h9-13H,7-8H2,1-6H3;3-8H,1-2H3;1H3;2*1H;/q-1;;-1;;;+2/p-2. The van der Waals surface area contributed by atoms with Gasteiger partial charge in [-0.2, -0.15) is 6.67 Å². The number of nitrogens with zero attached hydrogens (tertiary/aromatic N) is 2. The molecule has 1 aliphatic rings. The molecule has 0 unspecified atom stereocenters. The van der Waals surface area contributed by atoms with Crippen LogP contribution >= 0.6 is 19.4 Å². The molecule has 1 fully saturated rings. The Bertz CT molecular complexity index is 1160. The molecule has 1 heterocycles. The molecule has 0 radical (unpaired) electrons. The molecule has 0 N–H and O–H groups in total. The van der Waals surface area contributed by atoms with Crippen molar-refractivity contribution < 1.29 is 18.3 Å². The zero-order valence-electron chi connectivity index (χ0n) is 24.2. The average molecular weight is 643 g/mol. The minimum absolute atomic E-state index is 0. The fourth-order valence-corrected chi connectivity index (χ4v) is 6.90. The summed E-state index contributed by atoms with van der Waals surface area (Å²) in [6.07, 6.45) is 0.163. The summed E-state index contributed by atoms with van der Waals surface area (Å²) < 4.78 is 7.51. The van der Waals surface area contributed by atoms with E-state index in [-0.39, 0.29) is 13.5 Å². The third-order valence-corrected chi connectivity index (χ3v) is 8.01. The van der Waals surface area contributed by atoms with E-state index in [1.54, 1.807) is 0 Å². The van der Waals surface area contributed by atoms with E-state index in [0.29, 0.717) is 0 Å². The Labute approximate surface area is 244 Å². The maximum absolute atomic E-state index is 5.82. The molecule has 4 rings (SSSR count). The number of rotatable bonds is 5. The molecular formula is C32H42Cl2N2ORu-2. The van der Waals surface area contributed by atoms with E-state index in [9.17, 15) is 0 Å². The van der Waals surface area contributed by atoms with Gasteiger partial charge in [0.15, 0.2) is 0 Å². The van der Waals surface area contributed by atoms with E-state index in [4.69, 9.17) is 24.1 Å². The van der Waals surface area contributed by atoms with Crippen molar-refractivity contribution in [3.8, 4) is 5.75 Å². The number of aryl methyl sites for hydroxylation is 6. The second-order valence-electron chi connectivity index (χ2n) is 10.0. The van der Waals surface area contributed by atoms with Crippen LogP contribution in [0.1, 0.15) is 52.8 Å². The van der Waals surface area contributed by atoms with Crippen LogP contribution in [0.25, 0.3) is 0 Å². The SMILES string of the molecule is CC(C)Oc1ccccc1[CH]=[Ru]([Cl])[Cl].Cc1cc(C)c(N2[CH-]N(c3c(C)cc(C)cc3C)CC2)c(C)c1.[CH3-]. The van der Waals surface area contributed by atoms with E-state index in [1.807, 2.05) is 42.7 Å². The quantitative estimate of drug-likeness (QED) is 0.204. The number of halogens is 2. The summed E-state index contributed by atoms with van der Waals surface area (Å²) >= 11 is -1.77. The molecule has 0 aliphatic carbocycles. The van der Waals surface area contributed by atoms with Crippen LogP contribution in [0.15, 0.2) is 48.5 Å². The van der Waals surface area contributed by atoms with Crippen molar-refractivity contribution >= 4 is 35.4 Å². The first-order valence-electron chi connectivity index (χ1n) is 12.6. The maximum Gasteiger partial charge on any atom is 0.0146 e. The predicted molar refractivity (Wildman–Crippen MR) is 166 cm³/mol. The summed E-state index contributed by atoms with van der Waals surface area (Å²) in [4.78, 5) is 4.81. The molecule has 1 saturated heterocycles. The third kappa shape index (κ3) is 8.57. The largest absolute Gasteiger partial charge is 0.502 e. The molecule has 3 aromatic carbocycles. The van der Waals surface area contributed by atoms with E-state index in [1.165, 1.54) is 44.8 Å². The van der Waals surface area contributed by atoms with Gasteiger partial charge in [0.2, 0.25) is 0 Å². The first-order valence-corrected chi connectivity index (χ1v) is 18.1. The summed E-state index contributed by atoms with van der Waals surface area (Å²) in [7, 11) is 11.6. The molecule has 1 aliphatic heterocycles. The van der Waals surface area contributed by atoms with Crippen LogP contribution in [-0.4, -0.2) is 23.8 Å². The first kappa shape index (κ1) is 32.3. The van der Waals surface area contributed by atoms with E-state index in [2.05, 4.69) is 82.3 Å². The van der Waals surface area contributed by atoms with Gasteiger partial charge in [0.1, 0.15) is 0 Å². The van der Waals surface area contributed by atoms with Crippen LogP contribution in [0.2, 0.25) is 0 Å². The summed E-state index contributed by atoms with van der Waals surface area (Å²) in [5, 5.41) is 0. The molecule has 3 aromatic rings. The third-order valence-electron chi connectivity index (χ3n) is 6.17. The molecule has 38 heavy (non-hydrogen) atoms. The molecule has 0 aromatic heterocycles. The molecule has 0 atom stereocenters. The molecule has 6 heteroatoms. The second kappa shape index (κ2) is 14.5. The van der Waals surface area contributed by atoms with Crippen LogP contribution in [-0.2, 0) is 13.5 Å². The smallest absolute Gasteiger partial charge is 0.0146 e. The van der Waals surface area contributed by atoms with Gasteiger partial charge in [0, 0.05) is 24.5 Å². The Morgan fingerprint density at radius 3 is 1.61 bits per heavy atom. The van der Waals surface area contributed by atoms with Crippen molar-refractivity contribution in [2.24, 2.45) is 0 Å². The summed E-state index contributed by atoms with van der Waals surface area (Å²) in [5.74, 6) is 0.850. The van der Waals surface area contributed by atoms with Gasteiger partial charge in [-0.15, -0.1) is 0 Å². The van der Waals surface area contributed by atoms with Crippen molar-refractivity contribution in [3.05, 3.63) is 102 Å². The molecule has 0 spiro atoms. The molecule has 0 saturated carbocycles. The van der Waals surface area contributed by atoms with E-state index < -0.39 is 13.5 Å². The molecule has 3 nitrogen and oxygen atoms in total. The van der Waals surface area contributed by atoms with Gasteiger partial charge in [-0.05, 0) is 63.8 Å². The zero-order chi connectivity index (χ0) is 27.3. The van der Waals surface area contributed by atoms with Gasteiger partial charge in [0.25, 0.3) is 0 Å². The van der Waals surface area contributed by atoms with Crippen molar-refractivity contribution in [2.45, 2.75) is 61.5 Å². The van der Waals surface area contributed by atoms with Gasteiger partial charge in [-0.1, -0.05) is 35.4 Å². The van der Waals surface area contributed by atoms with Crippen LogP contribution in [0.5, 0.6) is 5.75 Å². The summed E-state index contributed by atoms with van der Waals surface area (Å²) in [6.45, 7) is 21.6. The Kier molecular flexibility index (Phi) is 12.3. The van der Waals surface area contributed by atoms with Gasteiger partial charge < -0.3 is 17.2 Å². The van der Waals surface area contributed by atoms with E-state index >= 15 is 0 Å². The fourth-order valence-electron chi connectivity index (χ4n) is 5.10. The van der Waals surface area contributed by atoms with Crippen LogP contribution in [0.3, 0.4) is 0 Å². The van der Waals surface area contributed by atoms with Gasteiger partial charge in [-0.3, -0.25) is 0 Å². The average Bonchev–Trinajstić information content (AvgIpc) is 3.22. The zero-order valence-corrected chi connectivity index (χ0v) is 27.4. The van der Waals surface area contributed by atoms with Crippen LogP contribution < -0.4 is 14.5 Å². The minimum Gasteiger partial charge on any atom is -0.502 e. The fraction of sp³-hybridized carbons (Fsp3) is 0.344. The monoisotopic (exact) mass is 642 g/mol. The number of hydrogen-bond donors (Lipinski definition) is 0. The topological polar surface area (TPSA) is 15.7 Å². The Morgan fingerprint density at radius 2 is 1.21 bits per heavy atom. The molecule has 0 amide bonds. The number of benzene rings is 3. The van der Waals surface area contributed by atoms with Crippen molar-refractivity contribution in [3.63, 3.8) is 0 Å². The number of ether oxygens (including phenoxy) is 1. The number of anilines is 2. The van der Waals surface area contributed by atoms with Gasteiger partial charge in [0.05, 0.1) is 0 Å². The Hall–Kier alpha value is -1.87. The first-order chi connectivity index (χ1) is 17.5. The normalized spacial score (nSPS) is 13.1. The number of hydrogen-bond acceptors (Lipinski definition) is 3. The Morgan fingerprint density at radius 1 is 0.789 bits per heavy atom. The van der Waals surface area contributed by atoms with Crippen LogP contribution in [0, 0.1) is 55.6 Å². The Balaban J connectivity index is 0.000000292. The van der Waals surface area contributed by atoms with E-state index in [0.717, 1.165) is 24.4 Å². The molecule has 0 bridgehead atoms. The van der Waals surface area contributed by atoms with Crippen molar-refractivity contribution in [1.29, 1.82) is 0 Å². The van der Waals surface area contributed by atoms with Gasteiger partial charge in [-0.25, -0.2) is 0 Å². The summed E-state index contributed by atoms with van der Waals surface area (Å²) in [6, 6.07) is 16.9. The minimum atomic E-state index is -1.77. The van der Waals surface area contributed by atoms with Crippen molar-refractivity contribution in [1.82, 2.24) is 0 Å². The van der Waals surface area contributed by atoms with Gasteiger partial charge >= 0.3 is 97.8 Å². The molecular weight excluding hydrogens is 600 g/mol. The molecule has 210 valence electrons. The summed E-state index contributed by atoms with van der Waals surface area (Å²) in [5.41, 5.74) is 11.8. The van der Waals surface area contributed by atoms with Crippen molar-refractivity contribution in [2.75, 3.05) is 22.9 Å². The maximum atomic E-state index is 5.82. The number of para-hydroxylation sites is 1.